The minimum Gasteiger partial charge on any atom is -0.494 e. The summed E-state index contributed by atoms with van der Waals surface area (Å²) in [5.41, 5.74) is 7.17. The van der Waals surface area contributed by atoms with Gasteiger partial charge in [0.05, 0.1) is 6.61 Å². The molecule has 0 aliphatic rings. The Kier molecular flexibility index (Phi) is 5.11. The van der Waals surface area contributed by atoms with Crippen molar-refractivity contribution >= 4 is 17.2 Å². The maximum Gasteiger partial charge on any atom is 0.253 e. The maximum atomic E-state index is 11.8. The highest BCUT2D eigenvalue weighted by Gasteiger charge is 2.01. The SMILES string of the molecule is Cc1cccn(CCCOc2cccc(C(N)=S)c2)c1=O. The van der Waals surface area contributed by atoms with Gasteiger partial charge in [0, 0.05) is 23.9 Å². The van der Waals surface area contributed by atoms with Crippen LogP contribution in [0.2, 0.25) is 0 Å². The second-order valence-electron chi connectivity index (χ2n) is 4.78. The Morgan fingerprint density at radius 1 is 1.33 bits per heavy atom. The monoisotopic (exact) mass is 302 g/mol. The van der Waals surface area contributed by atoms with Gasteiger partial charge < -0.3 is 15.0 Å². The molecule has 1 aromatic carbocycles. The number of hydrogen-bond donors (Lipinski definition) is 1. The molecule has 0 unspecified atom stereocenters. The summed E-state index contributed by atoms with van der Waals surface area (Å²) in [5.74, 6) is 0.733. The Balaban J connectivity index is 1.87. The number of thiocarbonyl (C=S) groups is 1. The summed E-state index contributed by atoms with van der Waals surface area (Å²) in [7, 11) is 0. The van der Waals surface area contributed by atoms with Crippen LogP contribution < -0.4 is 16.0 Å². The minimum absolute atomic E-state index is 0.0491. The van der Waals surface area contributed by atoms with Crippen molar-refractivity contribution in [1.29, 1.82) is 0 Å². The van der Waals surface area contributed by atoms with E-state index < -0.39 is 0 Å². The van der Waals surface area contributed by atoms with Gasteiger partial charge >= 0.3 is 0 Å². The smallest absolute Gasteiger partial charge is 0.253 e. The molecule has 0 radical (unpaired) electrons. The zero-order chi connectivity index (χ0) is 15.2. The number of aryl methyl sites for hydroxylation is 2. The summed E-state index contributed by atoms with van der Waals surface area (Å²) in [4.78, 5) is 12.2. The van der Waals surface area contributed by atoms with Crippen molar-refractivity contribution in [2.75, 3.05) is 6.61 Å². The van der Waals surface area contributed by atoms with E-state index in [-0.39, 0.29) is 5.56 Å². The van der Waals surface area contributed by atoms with Gasteiger partial charge in [0.25, 0.3) is 5.56 Å². The first-order valence-electron chi connectivity index (χ1n) is 6.76. The molecule has 0 aliphatic carbocycles. The van der Waals surface area contributed by atoms with E-state index in [1.807, 2.05) is 43.3 Å². The lowest BCUT2D eigenvalue weighted by Crippen LogP contribution is -2.22. The van der Waals surface area contributed by atoms with Crippen molar-refractivity contribution in [2.24, 2.45) is 5.73 Å². The van der Waals surface area contributed by atoms with Crippen LogP contribution >= 0.6 is 12.2 Å². The molecule has 0 amide bonds. The average molecular weight is 302 g/mol. The van der Waals surface area contributed by atoms with Crippen LogP contribution in [0.15, 0.2) is 47.4 Å². The first kappa shape index (κ1) is 15.3. The van der Waals surface area contributed by atoms with Gasteiger partial charge in [-0.25, -0.2) is 0 Å². The van der Waals surface area contributed by atoms with Crippen molar-refractivity contribution in [3.63, 3.8) is 0 Å². The number of ether oxygens (including phenoxy) is 1. The summed E-state index contributed by atoms with van der Waals surface area (Å²) >= 11 is 4.93. The molecule has 2 N–H and O–H groups in total. The number of nitrogens with zero attached hydrogens (tertiary/aromatic N) is 1. The number of aromatic nitrogens is 1. The zero-order valence-corrected chi connectivity index (χ0v) is 12.7. The highest BCUT2D eigenvalue weighted by molar-refractivity contribution is 7.80. The van der Waals surface area contributed by atoms with Gasteiger partial charge in [-0.05, 0) is 31.5 Å². The van der Waals surface area contributed by atoms with Crippen LogP contribution in [0, 0.1) is 6.92 Å². The van der Waals surface area contributed by atoms with Crippen LogP contribution in [0.5, 0.6) is 5.75 Å². The third kappa shape index (κ3) is 4.16. The van der Waals surface area contributed by atoms with Gasteiger partial charge in [0.2, 0.25) is 0 Å². The lowest BCUT2D eigenvalue weighted by atomic mass is 10.2. The largest absolute Gasteiger partial charge is 0.494 e. The van der Waals surface area contributed by atoms with Crippen LogP contribution in [0.1, 0.15) is 17.5 Å². The fourth-order valence-corrected chi connectivity index (χ4v) is 2.12. The van der Waals surface area contributed by atoms with Crippen molar-refractivity contribution < 1.29 is 4.74 Å². The standard InChI is InChI=1S/C16H18N2O2S/c1-12-5-3-8-18(16(12)19)9-4-10-20-14-7-2-6-13(11-14)15(17)21/h2-3,5-8,11H,4,9-10H2,1H3,(H2,17,21). The van der Waals surface area contributed by atoms with Crippen LogP contribution in [0.4, 0.5) is 0 Å². The Morgan fingerprint density at radius 3 is 2.90 bits per heavy atom. The molecule has 1 heterocycles. The van der Waals surface area contributed by atoms with Gasteiger partial charge in [0.15, 0.2) is 0 Å². The highest BCUT2D eigenvalue weighted by atomic mass is 32.1. The average Bonchev–Trinajstić information content (AvgIpc) is 2.48. The quantitative estimate of drug-likeness (QED) is 0.657. The summed E-state index contributed by atoms with van der Waals surface area (Å²) < 4.78 is 7.36. The predicted molar refractivity (Wildman–Crippen MR) is 87.9 cm³/mol. The third-order valence-corrected chi connectivity index (χ3v) is 3.38. The molecule has 5 heteroatoms. The van der Waals surface area contributed by atoms with E-state index >= 15 is 0 Å². The third-order valence-electron chi connectivity index (χ3n) is 3.14. The van der Waals surface area contributed by atoms with Crippen LogP contribution in [-0.4, -0.2) is 16.2 Å². The molecule has 0 saturated heterocycles. The van der Waals surface area contributed by atoms with E-state index in [2.05, 4.69) is 0 Å². The Bertz CT molecular complexity index is 695. The molecule has 1 aromatic heterocycles. The molecule has 0 bridgehead atoms. The molecule has 0 atom stereocenters. The molecule has 2 aromatic rings. The maximum absolute atomic E-state index is 11.8. The highest BCUT2D eigenvalue weighted by Crippen LogP contribution is 2.13. The van der Waals surface area contributed by atoms with E-state index in [1.165, 1.54) is 0 Å². The minimum atomic E-state index is 0.0491. The number of hydrogen-bond acceptors (Lipinski definition) is 3. The van der Waals surface area contributed by atoms with Crippen LogP contribution in [0.25, 0.3) is 0 Å². The second kappa shape index (κ2) is 7.04. The molecule has 4 nitrogen and oxygen atoms in total. The van der Waals surface area contributed by atoms with E-state index in [0.29, 0.717) is 18.1 Å². The van der Waals surface area contributed by atoms with Gasteiger partial charge in [-0.2, -0.15) is 0 Å². The van der Waals surface area contributed by atoms with Gasteiger partial charge in [-0.15, -0.1) is 0 Å². The molecule has 21 heavy (non-hydrogen) atoms. The molecule has 0 spiro atoms. The van der Waals surface area contributed by atoms with Crippen LogP contribution in [0.3, 0.4) is 0 Å². The number of rotatable bonds is 6. The van der Waals surface area contributed by atoms with E-state index in [4.69, 9.17) is 22.7 Å². The Morgan fingerprint density at radius 2 is 2.14 bits per heavy atom. The molecule has 110 valence electrons. The Hall–Kier alpha value is -2.14. The molecule has 0 saturated carbocycles. The summed E-state index contributed by atoms with van der Waals surface area (Å²) in [6.07, 6.45) is 2.55. The molecule has 0 fully saturated rings. The van der Waals surface area contributed by atoms with Gasteiger partial charge in [-0.3, -0.25) is 4.79 Å². The Labute approximate surface area is 129 Å². The molecule has 2 rings (SSSR count). The van der Waals surface area contributed by atoms with Crippen molar-refractivity contribution in [3.05, 3.63) is 64.1 Å². The summed E-state index contributed by atoms with van der Waals surface area (Å²) in [6.45, 7) is 2.98. The van der Waals surface area contributed by atoms with Crippen molar-refractivity contribution in [2.45, 2.75) is 19.9 Å². The van der Waals surface area contributed by atoms with Gasteiger partial charge in [0.1, 0.15) is 10.7 Å². The second-order valence-corrected chi connectivity index (χ2v) is 5.22. The topological polar surface area (TPSA) is 57.2 Å². The molecular formula is C16H18N2O2S. The summed E-state index contributed by atoms with van der Waals surface area (Å²) in [5, 5.41) is 0. The zero-order valence-electron chi connectivity index (χ0n) is 11.9. The molecular weight excluding hydrogens is 284 g/mol. The number of benzene rings is 1. The van der Waals surface area contributed by atoms with E-state index in [0.717, 1.165) is 23.3 Å². The van der Waals surface area contributed by atoms with Crippen LogP contribution in [-0.2, 0) is 6.54 Å². The fourth-order valence-electron chi connectivity index (χ4n) is 2.00. The first-order chi connectivity index (χ1) is 10.1. The lowest BCUT2D eigenvalue weighted by molar-refractivity contribution is 0.301. The first-order valence-corrected chi connectivity index (χ1v) is 7.17. The fraction of sp³-hybridized carbons (Fsp3) is 0.250. The van der Waals surface area contributed by atoms with E-state index in [9.17, 15) is 4.79 Å². The molecule has 0 aliphatic heterocycles. The van der Waals surface area contributed by atoms with E-state index in [1.54, 1.807) is 10.8 Å². The lowest BCUT2D eigenvalue weighted by Gasteiger charge is -2.09. The number of pyridine rings is 1. The number of nitrogens with two attached hydrogens (primary N) is 1. The predicted octanol–water partition coefficient (Wildman–Crippen LogP) is 2.26. The summed E-state index contributed by atoms with van der Waals surface area (Å²) in [6, 6.07) is 11.1. The normalized spacial score (nSPS) is 10.3. The van der Waals surface area contributed by atoms with Crippen molar-refractivity contribution in [1.82, 2.24) is 4.57 Å². The van der Waals surface area contributed by atoms with Crippen molar-refractivity contribution in [3.8, 4) is 5.75 Å². The van der Waals surface area contributed by atoms with Gasteiger partial charge in [-0.1, -0.05) is 30.4 Å².